The number of nitrogens with one attached hydrogen (secondary N) is 2. The van der Waals surface area contributed by atoms with Crippen molar-refractivity contribution in [1.29, 1.82) is 0 Å². The Hall–Kier alpha value is -2.69. The van der Waals surface area contributed by atoms with Crippen molar-refractivity contribution in [3.05, 3.63) is 0 Å². The lowest BCUT2D eigenvalue weighted by Gasteiger charge is -2.24. The molecular formula is C15H26N4O7. The van der Waals surface area contributed by atoms with Crippen molar-refractivity contribution in [3.63, 3.8) is 0 Å². The highest BCUT2D eigenvalue weighted by atomic mass is 16.4. The molecule has 0 aliphatic rings. The first-order valence-electron chi connectivity index (χ1n) is 8.08. The predicted octanol–water partition coefficient (Wildman–Crippen LogP) is -1.85. The number of carbonyl (C=O) groups excluding carboxylic acids is 3. The number of aliphatic carboxylic acids is 2. The Labute approximate surface area is 150 Å². The fourth-order valence-electron chi connectivity index (χ4n) is 1.98. The summed E-state index contributed by atoms with van der Waals surface area (Å²) in [5.74, 6) is -5.44. The molecule has 0 bridgehead atoms. The summed E-state index contributed by atoms with van der Waals surface area (Å²) in [6.07, 6.45) is -0.649. The number of carbonyl (C=O) groups is 5. The molecule has 0 heterocycles. The predicted molar refractivity (Wildman–Crippen MR) is 89.6 cm³/mol. The minimum absolute atomic E-state index is 0.173. The molecule has 0 fully saturated rings. The molecule has 0 aromatic rings. The van der Waals surface area contributed by atoms with Crippen LogP contribution in [0.25, 0.3) is 0 Å². The fraction of sp³-hybridized carbons (Fsp3) is 0.667. The lowest BCUT2D eigenvalue weighted by atomic mass is 9.98. The van der Waals surface area contributed by atoms with Gasteiger partial charge in [-0.3, -0.25) is 19.2 Å². The van der Waals surface area contributed by atoms with Gasteiger partial charge >= 0.3 is 11.9 Å². The number of carboxylic acids is 2. The Bertz CT molecular complexity index is 552. The van der Waals surface area contributed by atoms with E-state index in [1.165, 1.54) is 0 Å². The van der Waals surface area contributed by atoms with Gasteiger partial charge in [-0.05, 0) is 12.3 Å². The van der Waals surface area contributed by atoms with E-state index >= 15 is 0 Å². The van der Waals surface area contributed by atoms with Crippen LogP contribution in [0.15, 0.2) is 0 Å². The van der Waals surface area contributed by atoms with Gasteiger partial charge in [-0.25, -0.2) is 4.79 Å². The first-order valence-corrected chi connectivity index (χ1v) is 8.08. The van der Waals surface area contributed by atoms with Gasteiger partial charge < -0.3 is 32.3 Å². The molecule has 3 amide bonds. The van der Waals surface area contributed by atoms with Gasteiger partial charge in [0.15, 0.2) is 0 Å². The van der Waals surface area contributed by atoms with Gasteiger partial charge in [-0.1, -0.05) is 20.3 Å². The van der Waals surface area contributed by atoms with Crippen LogP contribution in [-0.2, 0) is 24.0 Å². The lowest BCUT2D eigenvalue weighted by molar-refractivity contribution is -0.147. The Balaban J connectivity index is 5.17. The van der Waals surface area contributed by atoms with E-state index in [9.17, 15) is 24.0 Å². The summed E-state index contributed by atoms with van der Waals surface area (Å²) in [6, 6.07) is -3.87. The average molecular weight is 374 g/mol. The summed E-state index contributed by atoms with van der Waals surface area (Å²) in [5.41, 5.74) is 10.8. The molecule has 0 radical (unpaired) electrons. The van der Waals surface area contributed by atoms with Gasteiger partial charge in [-0.2, -0.15) is 0 Å². The van der Waals surface area contributed by atoms with E-state index < -0.39 is 54.2 Å². The molecule has 0 aliphatic carbocycles. The molecule has 11 nitrogen and oxygen atoms in total. The molecule has 11 heteroatoms. The summed E-state index contributed by atoms with van der Waals surface area (Å²) >= 11 is 0. The number of primary amides is 1. The molecule has 8 N–H and O–H groups in total. The van der Waals surface area contributed by atoms with Crippen LogP contribution >= 0.6 is 0 Å². The number of amides is 3. The molecule has 0 aromatic heterocycles. The second kappa shape index (κ2) is 11.0. The SMILES string of the molecule is CC[C@H](C)[C@H](N)C(=O)N[C@@H](CCC(N)=O)C(=O)N[C@@H](CC(=O)O)C(=O)O. The fourth-order valence-corrected chi connectivity index (χ4v) is 1.98. The zero-order valence-corrected chi connectivity index (χ0v) is 14.7. The summed E-state index contributed by atoms with van der Waals surface area (Å²) in [6.45, 7) is 3.58. The molecule has 4 atom stereocenters. The zero-order valence-electron chi connectivity index (χ0n) is 14.7. The monoisotopic (exact) mass is 374 g/mol. The third-order valence-electron chi connectivity index (χ3n) is 3.87. The van der Waals surface area contributed by atoms with Gasteiger partial charge in [0, 0.05) is 6.42 Å². The molecule has 0 saturated heterocycles. The molecule has 26 heavy (non-hydrogen) atoms. The normalized spacial score (nSPS) is 15.2. The van der Waals surface area contributed by atoms with E-state index in [-0.39, 0.29) is 18.8 Å². The van der Waals surface area contributed by atoms with E-state index in [1.54, 1.807) is 6.92 Å². The molecule has 0 unspecified atom stereocenters. The first-order chi connectivity index (χ1) is 12.0. The van der Waals surface area contributed by atoms with Crippen LogP contribution in [0.4, 0.5) is 0 Å². The molecule has 0 rings (SSSR count). The number of rotatable bonds is 12. The van der Waals surface area contributed by atoms with E-state index in [2.05, 4.69) is 5.32 Å². The third-order valence-corrected chi connectivity index (χ3v) is 3.87. The standard InChI is InChI=1S/C15H26N4O7/c1-3-7(2)12(17)14(24)18-8(4-5-10(16)20)13(23)19-9(15(25)26)6-11(21)22/h7-9,12H,3-6,17H2,1-2H3,(H2,16,20)(H,18,24)(H,19,23)(H,21,22)(H,25,26)/t7-,8-,9-,12-/m0/s1. The van der Waals surface area contributed by atoms with Crippen molar-refractivity contribution >= 4 is 29.7 Å². The van der Waals surface area contributed by atoms with Crippen LogP contribution in [0.5, 0.6) is 0 Å². The molecule has 0 aliphatic heterocycles. The molecule has 0 spiro atoms. The molecule has 0 saturated carbocycles. The number of hydrogen-bond acceptors (Lipinski definition) is 6. The van der Waals surface area contributed by atoms with Gasteiger partial charge in [0.1, 0.15) is 12.1 Å². The maximum Gasteiger partial charge on any atom is 0.326 e. The summed E-state index contributed by atoms with van der Waals surface area (Å²) in [4.78, 5) is 57.1. The minimum atomic E-state index is -1.68. The van der Waals surface area contributed by atoms with Crippen LogP contribution < -0.4 is 22.1 Å². The van der Waals surface area contributed by atoms with Gasteiger partial charge in [0.25, 0.3) is 0 Å². The van der Waals surface area contributed by atoms with E-state index in [0.29, 0.717) is 6.42 Å². The van der Waals surface area contributed by atoms with Crippen molar-refractivity contribution in [2.75, 3.05) is 0 Å². The smallest absolute Gasteiger partial charge is 0.326 e. The van der Waals surface area contributed by atoms with Crippen molar-refractivity contribution in [2.24, 2.45) is 17.4 Å². The van der Waals surface area contributed by atoms with Crippen LogP contribution in [0.1, 0.15) is 39.5 Å². The average Bonchev–Trinajstić information content (AvgIpc) is 2.55. The van der Waals surface area contributed by atoms with Crippen molar-refractivity contribution in [3.8, 4) is 0 Å². The Morgan fingerprint density at radius 3 is 1.96 bits per heavy atom. The largest absolute Gasteiger partial charge is 0.481 e. The molecule has 0 aromatic carbocycles. The maximum atomic E-state index is 12.3. The van der Waals surface area contributed by atoms with E-state index in [4.69, 9.17) is 21.7 Å². The van der Waals surface area contributed by atoms with Crippen LogP contribution in [0.3, 0.4) is 0 Å². The lowest BCUT2D eigenvalue weighted by Crippen LogP contribution is -2.55. The van der Waals surface area contributed by atoms with Crippen molar-refractivity contribution in [1.82, 2.24) is 10.6 Å². The number of hydrogen-bond donors (Lipinski definition) is 6. The second-order valence-electron chi connectivity index (χ2n) is 5.97. The minimum Gasteiger partial charge on any atom is -0.481 e. The number of nitrogens with two attached hydrogens (primary N) is 2. The molecular weight excluding hydrogens is 348 g/mol. The quantitative estimate of drug-likeness (QED) is 0.228. The molecule has 148 valence electrons. The van der Waals surface area contributed by atoms with Crippen LogP contribution in [-0.4, -0.2) is 58.0 Å². The highest BCUT2D eigenvalue weighted by Crippen LogP contribution is 2.07. The maximum absolute atomic E-state index is 12.3. The van der Waals surface area contributed by atoms with Gasteiger partial charge in [0.2, 0.25) is 17.7 Å². The Morgan fingerprint density at radius 1 is 1.00 bits per heavy atom. The number of carboxylic acid groups (broad SMARTS) is 2. The van der Waals surface area contributed by atoms with E-state index in [1.807, 2.05) is 12.2 Å². The highest BCUT2D eigenvalue weighted by molar-refractivity contribution is 5.93. The van der Waals surface area contributed by atoms with Crippen molar-refractivity contribution < 1.29 is 34.2 Å². The summed E-state index contributed by atoms with van der Waals surface area (Å²) in [7, 11) is 0. The van der Waals surface area contributed by atoms with E-state index in [0.717, 1.165) is 0 Å². The summed E-state index contributed by atoms with van der Waals surface area (Å²) < 4.78 is 0. The first kappa shape index (κ1) is 23.3. The second-order valence-corrected chi connectivity index (χ2v) is 5.97. The van der Waals surface area contributed by atoms with Crippen LogP contribution in [0, 0.1) is 5.92 Å². The van der Waals surface area contributed by atoms with Gasteiger partial charge in [0.05, 0.1) is 12.5 Å². The topological polar surface area (TPSA) is 202 Å². The Morgan fingerprint density at radius 2 is 1.54 bits per heavy atom. The van der Waals surface area contributed by atoms with Gasteiger partial charge in [-0.15, -0.1) is 0 Å². The Kier molecular flexibility index (Phi) is 9.89. The highest BCUT2D eigenvalue weighted by Gasteiger charge is 2.30. The van der Waals surface area contributed by atoms with Crippen LogP contribution in [0.2, 0.25) is 0 Å². The van der Waals surface area contributed by atoms with Crippen molar-refractivity contribution in [2.45, 2.75) is 57.7 Å². The zero-order chi connectivity index (χ0) is 20.4. The summed E-state index contributed by atoms with van der Waals surface area (Å²) in [5, 5.41) is 22.1. The third kappa shape index (κ3) is 8.42.